The summed E-state index contributed by atoms with van der Waals surface area (Å²) in [5.41, 5.74) is 4.21. The minimum Gasteiger partial charge on any atom is -0.489 e. The molecular formula is C24H19N3OS. The molecule has 0 radical (unpaired) electrons. The van der Waals surface area contributed by atoms with Crippen molar-refractivity contribution in [2.45, 2.75) is 11.6 Å². The summed E-state index contributed by atoms with van der Waals surface area (Å²) in [6.07, 6.45) is 1.93. The molecule has 0 spiro atoms. The Balaban J connectivity index is 1.59. The lowest BCUT2D eigenvalue weighted by Crippen LogP contribution is -2.00. The smallest absolute Gasteiger partial charge is 0.119 e. The van der Waals surface area contributed by atoms with Crippen molar-refractivity contribution in [3.8, 4) is 11.8 Å². The van der Waals surface area contributed by atoms with Crippen LogP contribution in [-0.4, -0.2) is 11.2 Å². The van der Waals surface area contributed by atoms with Crippen LogP contribution in [0.1, 0.15) is 11.1 Å². The van der Waals surface area contributed by atoms with Gasteiger partial charge in [-0.2, -0.15) is 5.26 Å². The number of pyridine rings is 1. The van der Waals surface area contributed by atoms with Gasteiger partial charge in [-0.3, -0.25) is 0 Å². The van der Waals surface area contributed by atoms with E-state index >= 15 is 0 Å². The van der Waals surface area contributed by atoms with Gasteiger partial charge in [0.05, 0.1) is 11.2 Å². The van der Waals surface area contributed by atoms with E-state index in [1.165, 1.54) is 11.8 Å². The second-order valence-corrected chi connectivity index (χ2v) is 7.22. The molecule has 142 valence electrons. The van der Waals surface area contributed by atoms with Crippen LogP contribution in [0.5, 0.6) is 5.75 Å². The molecule has 1 heterocycles. The van der Waals surface area contributed by atoms with E-state index in [2.05, 4.69) is 16.4 Å². The highest BCUT2D eigenvalue weighted by Gasteiger charge is 2.14. The van der Waals surface area contributed by atoms with Gasteiger partial charge in [-0.1, -0.05) is 48.5 Å². The molecule has 0 aliphatic rings. The predicted molar refractivity (Wildman–Crippen MR) is 119 cm³/mol. The predicted octanol–water partition coefficient (Wildman–Crippen LogP) is 6.15. The zero-order valence-corrected chi connectivity index (χ0v) is 16.7. The molecule has 4 nitrogen and oxygen atoms in total. The fourth-order valence-electron chi connectivity index (χ4n) is 3.09. The van der Waals surface area contributed by atoms with Crippen molar-refractivity contribution in [2.75, 3.05) is 11.6 Å². The first kappa shape index (κ1) is 18.9. The largest absolute Gasteiger partial charge is 0.489 e. The van der Waals surface area contributed by atoms with Crippen molar-refractivity contribution in [3.05, 3.63) is 90.0 Å². The van der Waals surface area contributed by atoms with E-state index in [0.29, 0.717) is 12.2 Å². The molecule has 1 N–H and O–H groups in total. The van der Waals surface area contributed by atoms with Crippen LogP contribution in [0, 0.1) is 11.3 Å². The van der Waals surface area contributed by atoms with Crippen LogP contribution in [0.2, 0.25) is 0 Å². The highest BCUT2D eigenvalue weighted by molar-refractivity contribution is 7.98. The van der Waals surface area contributed by atoms with Gasteiger partial charge in [0.1, 0.15) is 29.0 Å². The molecule has 0 unspecified atom stereocenters. The van der Waals surface area contributed by atoms with Crippen LogP contribution in [0.4, 0.5) is 11.4 Å². The summed E-state index contributed by atoms with van der Waals surface area (Å²) in [5.74, 6) is 0.796. The number of aromatic nitrogens is 1. The second kappa shape index (κ2) is 8.68. The lowest BCUT2D eigenvalue weighted by molar-refractivity contribution is 0.306. The average Bonchev–Trinajstić information content (AvgIpc) is 2.79. The van der Waals surface area contributed by atoms with Crippen LogP contribution in [0.25, 0.3) is 10.9 Å². The highest BCUT2D eigenvalue weighted by Crippen LogP contribution is 2.34. The Kier molecular flexibility index (Phi) is 5.64. The third-order valence-electron chi connectivity index (χ3n) is 4.54. The SMILES string of the molecule is CSc1nc2ccccc2c(Nc2ccc(OCc3ccccc3)cc2)c1C#N. The molecule has 0 fully saturated rings. The number of fused-ring (bicyclic) bond motifs is 1. The van der Waals surface area contributed by atoms with Gasteiger partial charge in [0, 0.05) is 11.1 Å². The number of para-hydroxylation sites is 1. The summed E-state index contributed by atoms with van der Waals surface area (Å²) in [6, 6.07) is 28.0. The lowest BCUT2D eigenvalue weighted by Gasteiger charge is -2.14. The lowest BCUT2D eigenvalue weighted by atomic mass is 10.1. The van der Waals surface area contributed by atoms with Gasteiger partial charge in [-0.15, -0.1) is 11.8 Å². The minimum atomic E-state index is 0.526. The number of hydrogen-bond acceptors (Lipinski definition) is 5. The minimum absolute atomic E-state index is 0.526. The maximum atomic E-state index is 9.73. The van der Waals surface area contributed by atoms with E-state index < -0.39 is 0 Å². The molecule has 0 bridgehead atoms. The zero-order chi connectivity index (χ0) is 20.1. The van der Waals surface area contributed by atoms with Gasteiger partial charge in [0.2, 0.25) is 0 Å². The molecule has 0 aliphatic carbocycles. The summed E-state index contributed by atoms with van der Waals surface area (Å²) >= 11 is 1.47. The van der Waals surface area contributed by atoms with Crippen LogP contribution >= 0.6 is 11.8 Å². The number of nitriles is 1. The number of ether oxygens (including phenoxy) is 1. The van der Waals surface area contributed by atoms with Crippen molar-refractivity contribution >= 4 is 34.0 Å². The van der Waals surface area contributed by atoms with Gasteiger partial charge in [0.25, 0.3) is 0 Å². The molecule has 5 heteroatoms. The van der Waals surface area contributed by atoms with E-state index in [1.807, 2.05) is 85.1 Å². The third kappa shape index (κ3) is 4.18. The quantitative estimate of drug-likeness (QED) is 0.395. The van der Waals surface area contributed by atoms with Gasteiger partial charge in [-0.05, 0) is 42.2 Å². The molecular weight excluding hydrogens is 378 g/mol. The molecule has 3 aromatic carbocycles. The van der Waals surface area contributed by atoms with Crippen molar-refractivity contribution < 1.29 is 4.74 Å². The van der Waals surface area contributed by atoms with Crippen molar-refractivity contribution in [1.29, 1.82) is 5.26 Å². The molecule has 0 atom stereocenters. The summed E-state index contributed by atoms with van der Waals surface area (Å²) in [7, 11) is 0. The number of thioether (sulfide) groups is 1. The Hall–Kier alpha value is -3.49. The van der Waals surface area contributed by atoms with Gasteiger partial charge in [0.15, 0.2) is 0 Å². The summed E-state index contributed by atoms with van der Waals surface area (Å²) < 4.78 is 5.86. The third-order valence-corrected chi connectivity index (χ3v) is 5.22. The van der Waals surface area contributed by atoms with E-state index in [-0.39, 0.29) is 0 Å². The number of anilines is 2. The second-order valence-electron chi connectivity index (χ2n) is 6.42. The van der Waals surface area contributed by atoms with Gasteiger partial charge in [-0.25, -0.2) is 4.98 Å². The molecule has 0 aliphatic heterocycles. The van der Waals surface area contributed by atoms with Crippen molar-refractivity contribution in [1.82, 2.24) is 4.98 Å². The van der Waals surface area contributed by atoms with E-state index in [9.17, 15) is 5.26 Å². The standard InChI is InChI=1S/C24H19N3OS/c1-29-24-21(15-25)23(20-9-5-6-10-22(20)27-24)26-18-11-13-19(14-12-18)28-16-17-7-3-2-4-8-17/h2-14H,16H2,1H3,(H,26,27). The van der Waals surface area contributed by atoms with Gasteiger partial charge < -0.3 is 10.1 Å². The van der Waals surface area contributed by atoms with E-state index in [4.69, 9.17) is 4.74 Å². The maximum Gasteiger partial charge on any atom is 0.119 e. The average molecular weight is 398 g/mol. The Labute approximate surface area is 174 Å². The molecule has 1 aromatic heterocycles. The first-order valence-electron chi connectivity index (χ1n) is 9.19. The number of nitrogens with one attached hydrogen (secondary N) is 1. The van der Waals surface area contributed by atoms with E-state index in [1.54, 1.807) is 0 Å². The van der Waals surface area contributed by atoms with Gasteiger partial charge >= 0.3 is 0 Å². The summed E-state index contributed by atoms with van der Waals surface area (Å²) in [4.78, 5) is 4.61. The molecule has 0 amide bonds. The van der Waals surface area contributed by atoms with E-state index in [0.717, 1.165) is 38.6 Å². The fourth-order valence-corrected chi connectivity index (χ4v) is 3.63. The Morgan fingerprint density at radius 2 is 1.69 bits per heavy atom. The molecule has 0 saturated carbocycles. The Morgan fingerprint density at radius 3 is 2.41 bits per heavy atom. The van der Waals surface area contributed by atoms with Crippen molar-refractivity contribution in [2.24, 2.45) is 0 Å². The summed E-state index contributed by atoms with van der Waals surface area (Å²) in [5, 5.41) is 14.8. The molecule has 29 heavy (non-hydrogen) atoms. The van der Waals surface area contributed by atoms with Crippen LogP contribution in [0.15, 0.2) is 83.9 Å². The monoisotopic (exact) mass is 397 g/mol. The first-order valence-corrected chi connectivity index (χ1v) is 10.4. The number of nitrogens with zero attached hydrogens (tertiary/aromatic N) is 2. The fraction of sp³-hybridized carbons (Fsp3) is 0.0833. The normalized spacial score (nSPS) is 10.5. The number of rotatable bonds is 6. The Bertz CT molecular complexity index is 1170. The van der Waals surface area contributed by atoms with Crippen LogP contribution in [0.3, 0.4) is 0 Å². The Morgan fingerprint density at radius 1 is 0.966 bits per heavy atom. The first-order chi connectivity index (χ1) is 14.3. The number of benzene rings is 3. The topological polar surface area (TPSA) is 57.9 Å². The molecule has 0 saturated heterocycles. The maximum absolute atomic E-state index is 9.73. The van der Waals surface area contributed by atoms with Crippen LogP contribution in [-0.2, 0) is 6.61 Å². The molecule has 4 rings (SSSR count). The van der Waals surface area contributed by atoms with Crippen LogP contribution < -0.4 is 10.1 Å². The number of hydrogen-bond donors (Lipinski definition) is 1. The summed E-state index contributed by atoms with van der Waals surface area (Å²) in [6.45, 7) is 0.526. The molecule has 4 aromatic rings. The van der Waals surface area contributed by atoms with Crippen molar-refractivity contribution in [3.63, 3.8) is 0 Å². The zero-order valence-electron chi connectivity index (χ0n) is 15.9. The highest BCUT2D eigenvalue weighted by atomic mass is 32.2.